The van der Waals surface area contributed by atoms with Crippen LogP contribution in [0, 0.1) is 0 Å². The summed E-state index contributed by atoms with van der Waals surface area (Å²) in [5, 5.41) is 4.15. The van der Waals surface area contributed by atoms with E-state index in [1.54, 1.807) is 24.2 Å². The Labute approximate surface area is 83.4 Å². The minimum absolute atomic E-state index is 1.02. The van der Waals surface area contributed by atoms with Gasteiger partial charge >= 0.3 is 0 Å². The van der Waals surface area contributed by atoms with E-state index < -0.39 is 0 Å². The number of nitrogens with one attached hydrogen (secondary N) is 1. The highest BCUT2D eigenvalue weighted by molar-refractivity contribution is 7.99. The summed E-state index contributed by atoms with van der Waals surface area (Å²) in [5.74, 6) is 1.13. The van der Waals surface area contributed by atoms with E-state index in [4.69, 9.17) is 0 Å². The SMILES string of the molecule is CNCCCCSc1cnccn1. The molecule has 3 nitrogen and oxygen atoms in total. The molecule has 0 aliphatic heterocycles. The summed E-state index contributed by atoms with van der Waals surface area (Å²) < 4.78 is 0. The smallest absolute Gasteiger partial charge is 0.114 e. The molecular weight excluding hydrogens is 182 g/mol. The highest BCUT2D eigenvalue weighted by atomic mass is 32.2. The number of nitrogens with zero attached hydrogens (tertiary/aromatic N) is 2. The topological polar surface area (TPSA) is 37.8 Å². The third-order valence-corrected chi connectivity index (χ3v) is 2.61. The van der Waals surface area contributed by atoms with Crippen LogP contribution in [0.2, 0.25) is 0 Å². The van der Waals surface area contributed by atoms with Gasteiger partial charge in [0, 0.05) is 12.4 Å². The first-order valence-electron chi connectivity index (χ1n) is 4.47. The van der Waals surface area contributed by atoms with Crippen molar-refractivity contribution in [1.29, 1.82) is 0 Å². The number of hydrogen-bond acceptors (Lipinski definition) is 4. The van der Waals surface area contributed by atoms with Gasteiger partial charge in [0.2, 0.25) is 0 Å². The fourth-order valence-electron chi connectivity index (χ4n) is 0.941. The molecule has 1 N–H and O–H groups in total. The predicted molar refractivity (Wildman–Crippen MR) is 55.9 cm³/mol. The molecule has 1 heterocycles. The van der Waals surface area contributed by atoms with Gasteiger partial charge in [0.1, 0.15) is 5.03 Å². The van der Waals surface area contributed by atoms with Crippen LogP contribution >= 0.6 is 11.8 Å². The second-order valence-corrected chi connectivity index (χ2v) is 3.82. The lowest BCUT2D eigenvalue weighted by Gasteiger charge is -1.99. The summed E-state index contributed by atoms with van der Waals surface area (Å²) >= 11 is 1.77. The van der Waals surface area contributed by atoms with E-state index in [2.05, 4.69) is 15.3 Å². The third-order valence-electron chi connectivity index (χ3n) is 1.61. The predicted octanol–water partition coefficient (Wildman–Crippen LogP) is 1.57. The van der Waals surface area contributed by atoms with E-state index in [-0.39, 0.29) is 0 Å². The Hall–Kier alpha value is -0.610. The number of hydrogen-bond donors (Lipinski definition) is 1. The van der Waals surface area contributed by atoms with Gasteiger partial charge in [0.25, 0.3) is 0 Å². The highest BCUT2D eigenvalue weighted by Crippen LogP contribution is 2.14. The van der Waals surface area contributed by atoms with Gasteiger partial charge in [-0.25, -0.2) is 4.98 Å². The standard InChI is InChI=1S/C9H15N3S/c1-10-4-2-3-7-13-9-8-11-5-6-12-9/h5-6,8,10H,2-4,7H2,1H3. The van der Waals surface area contributed by atoms with Crippen LogP contribution in [0.25, 0.3) is 0 Å². The van der Waals surface area contributed by atoms with Crippen molar-refractivity contribution in [2.24, 2.45) is 0 Å². The number of unbranched alkanes of at least 4 members (excludes halogenated alkanes) is 1. The van der Waals surface area contributed by atoms with Crippen molar-refractivity contribution in [3.63, 3.8) is 0 Å². The van der Waals surface area contributed by atoms with Crippen LogP contribution in [-0.4, -0.2) is 29.3 Å². The van der Waals surface area contributed by atoms with E-state index >= 15 is 0 Å². The molecule has 0 bridgehead atoms. The molecule has 0 fully saturated rings. The van der Waals surface area contributed by atoms with E-state index in [1.165, 1.54) is 12.8 Å². The fourth-order valence-corrected chi connectivity index (χ4v) is 1.77. The van der Waals surface area contributed by atoms with Gasteiger partial charge in [-0.15, -0.1) is 11.8 Å². The monoisotopic (exact) mass is 197 g/mol. The van der Waals surface area contributed by atoms with Crippen molar-refractivity contribution in [2.45, 2.75) is 17.9 Å². The quantitative estimate of drug-likeness (QED) is 0.555. The molecule has 72 valence electrons. The minimum Gasteiger partial charge on any atom is -0.320 e. The van der Waals surface area contributed by atoms with Crippen LogP contribution in [0.1, 0.15) is 12.8 Å². The average Bonchev–Trinajstić information content (AvgIpc) is 2.19. The summed E-state index contributed by atoms with van der Waals surface area (Å²) in [7, 11) is 1.98. The molecule has 0 aliphatic carbocycles. The Bertz CT molecular complexity index is 215. The molecule has 0 amide bonds. The average molecular weight is 197 g/mol. The lowest BCUT2D eigenvalue weighted by atomic mass is 10.3. The van der Waals surface area contributed by atoms with Gasteiger partial charge in [0.05, 0.1) is 6.20 Å². The summed E-state index contributed by atoms with van der Waals surface area (Å²) in [6.45, 7) is 1.10. The van der Waals surface area contributed by atoms with Gasteiger partial charge in [-0.2, -0.15) is 0 Å². The van der Waals surface area contributed by atoms with Crippen LogP contribution in [-0.2, 0) is 0 Å². The molecule has 0 atom stereocenters. The first kappa shape index (κ1) is 10.5. The lowest BCUT2D eigenvalue weighted by molar-refractivity contribution is 0.714. The molecule has 0 unspecified atom stereocenters. The summed E-state index contributed by atoms with van der Waals surface area (Å²) in [6, 6.07) is 0. The first-order valence-corrected chi connectivity index (χ1v) is 5.45. The number of aromatic nitrogens is 2. The van der Waals surface area contributed by atoms with Crippen molar-refractivity contribution in [2.75, 3.05) is 19.3 Å². The van der Waals surface area contributed by atoms with Crippen molar-refractivity contribution < 1.29 is 0 Å². The second-order valence-electron chi connectivity index (χ2n) is 2.70. The number of thioether (sulfide) groups is 1. The zero-order valence-electron chi connectivity index (χ0n) is 7.86. The van der Waals surface area contributed by atoms with E-state index in [0.717, 1.165) is 17.3 Å². The van der Waals surface area contributed by atoms with Crippen LogP contribution in [0.4, 0.5) is 0 Å². The summed E-state index contributed by atoms with van der Waals surface area (Å²) in [4.78, 5) is 8.19. The summed E-state index contributed by atoms with van der Waals surface area (Å²) in [6.07, 6.45) is 7.69. The zero-order valence-corrected chi connectivity index (χ0v) is 8.68. The Morgan fingerprint density at radius 2 is 2.31 bits per heavy atom. The molecule has 1 rings (SSSR count). The van der Waals surface area contributed by atoms with E-state index in [9.17, 15) is 0 Å². The maximum Gasteiger partial charge on any atom is 0.114 e. The maximum atomic E-state index is 4.18. The van der Waals surface area contributed by atoms with Crippen molar-refractivity contribution in [1.82, 2.24) is 15.3 Å². The normalized spacial score (nSPS) is 10.2. The van der Waals surface area contributed by atoms with Crippen molar-refractivity contribution in [3.8, 4) is 0 Å². The van der Waals surface area contributed by atoms with Gasteiger partial charge < -0.3 is 5.32 Å². The molecule has 0 aliphatic rings. The second kappa shape index (κ2) is 6.86. The zero-order chi connectivity index (χ0) is 9.36. The molecule has 1 aromatic rings. The Morgan fingerprint density at radius 1 is 1.38 bits per heavy atom. The Balaban J connectivity index is 2.07. The van der Waals surface area contributed by atoms with Crippen LogP contribution in [0.3, 0.4) is 0 Å². The molecular formula is C9H15N3S. The molecule has 0 saturated carbocycles. The Kier molecular flexibility index (Phi) is 5.52. The van der Waals surface area contributed by atoms with Crippen molar-refractivity contribution in [3.05, 3.63) is 18.6 Å². The van der Waals surface area contributed by atoms with Gasteiger partial charge in [-0.1, -0.05) is 0 Å². The summed E-state index contributed by atoms with van der Waals surface area (Å²) in [5.41, 5.74) is 0. The molecule has 1 aromatic heterocycles. The molecule has 0 aromatic carbocycles. The van der Waals surface area contributed by atoms with Gasteiger partial charge in [-0.3, -0.25) is 4.98 Å². The molecule has 13 heavy (non-hydrogen) atoms. The fraction of sp³-hybridized carbons (Fsp3) is 0.556. The minimum atomic E-state index is 1.02. The Morgan fingerprint density at radius 3 is 3.00 bits per heavy atom. The maximum absolute atomic E-state index is 4.18. The van der Waals surface area contributed by atoms with Crippen molar-refractivity contribution >= 4 is 11.8 Å². The van der Waals surface area contributed by atoms with E-state index in [0.29, 0.717) is 0 Å². The van der Waals surface area contributed by atoms with E-state index in [1.807, 2.05) is 13.2 Å². The largest absolute Gasteiger partial charge is 0.320 e. The molecule has 0 spiro atoms. The molecule has 0 radical (unpaired) electrons. The van der Waals surface area contributed by atoms with Crippen LogP contribution < -0.4 is 5.32 Å². The molecule has 4 heteroatoms. The van der Waals surface area contributed by atoms with Crippen LogP contribution in [0.15, 0.2) is 23.6 Å². The van der Waals surface area contributed by atoms with Gasteiger partial charge in [0.15, 0.2) is 0 Å². The van der Waals surface area contributed by atoms with Gasteiger partial charge in [-0.05, 0) is 32.2 Å². The molecule has 0 saturated heterocycles. The lowest BCUT2D eigenvalue weighted by Crippen LogP contribution is -2.07. The first-order chi connectivity index (χ1) is 6.43. The number of rotatable bonds is 6. The van der Waals surface area contributed by atoms with Crippen LogP contribution in [0.5, 0.6) is 0 Å². The third kappa shape index (κ3) is 4.85. The highest BCUT2D eigenvalue weighted by Gasteiger charge is 1.93.